The van der Waals surface area contributed by atoms with Crippen LogP contribution in [-0.2, 0) is 15.6 Å². The van der Waals surface area contributed by atoms with Crippen molar-refractivity contribution in [3.05, 3.63) is 59.1 Å². The van der Waals surface area contributed by atoms with Gasteiger partial charge in [-0.3, -0.25) is 9.00 Å². The number of carbonyl (C=O) groups is 1. The van der Waals surface area contributed by atoms with Gasteiger partial charge in [-0.25, -0.2) is 0 Å². The molecule has 2 rings (SSSR count). The van der Waals surface area contributed by atoms with Crippen LogP contribution in [0.15, 0.2) is 64.0 Å². The van der Waals surface area contributed by atoms with Crippen molar-refractivity contribution in [2.45, 2.75) is 4.90 Å². The van der Waals surface area contributed by atoms with Crippen LogP contribution in [0.2, 0.25) is 0 Å². The smallest absolute Gasteiger partial charge is 0.237 e. The quantitative estimate of drug-likeness (QED) is 0.931. The summed E-state index contributed by atoms with van der Waals surface area (Å²) in [6.07, 6.45) is 0. The minimum Gasteiger partial charge on any atom is -0.324 e. The van der Waals surface area contributed by atoms with E-state index in [1.165, 1.54) is 0 Å². The molecule has 0 radical (unpaired) electrons. The Bertz CT molecular complexity index is 601. The van der Waals surface area contributed by atoms with Crippen LogP contribution in [0.5, 0.6) is 0 Å². The number of hydrogen-bond donors (Lipinski definition) is 1. The number of benzene rings is 2. The van der Waals surface area contributed by atoms with Gasteiger partial charge in [0.15, 0.2) is 0 Å². The van der Waals surface area contributed by atoms with Crippen LogP contribution < -0.4 is 5.32 Å². The van der Waals surface area contributed by atoms with E-state index in [9.17, 15) is 9.00 Å². The van der Waals surface area contributed by atoms with E-state index < -0.39 is 10.8 Å². The maximum Gasteiger partial charge on any atom is 0.237 e. The highest BCUT2D eigenvalue weighted by Gasteiger charge is 2.11. The maximum absolute atomic E-state index is 12.0. The third-order valence-electron chi connectivity index (χ3n) is 2.42. The molecule has 2 aromatic rings. The van der Waals surface area contributed by atoms with Gasteiger partial charge in [-0.15, -0.1) is 0 Å². The van der Waals surface area contributed by atoms with E-state index in [1.54, 1.807) is 30.3 Å². The summed E-state index contributed by atoms with van der Waals surface area (Å²) in [4.78, 5) is 12.5. The second-order valence-electron chi connectivity index (χ2n) is 3.83. The van der Waals surface area contributed by atoms with Crippen molar-refractivity contribution in [1.82, 2.24) is 0 Å². The molecule has 0 saturated heterocycles. The van der Waals surface area contributed by atoms with E-state index >= 15 is 0 Å². The Kier molecular flexibility index (Phi) is 4.87. The van der Waals surface area contributed by atoms with Crippen molar-refractivity contribution in [1.29, 1.82) is 0 Å². The van der Waals surface area contributed by atoms with Crippen molar-refractivity contribution in [3.8, 4) is 0 Å². The second kappa shape index (κ2) is 6.63. The molecule has 98 valence electrons. The molecule has 0 saturated carbocycles. The summed E-state index contributed by atoms with van der Waals surface area (Å²) in [5.41, 5.74) is 0.678. The molecule has 0 aliphatic heterocycles. The molecule has 5 heteroatoms. The van der Waals surface area contributed by atoms with Gasteiger partial charge >= 0.3 is 0 Å². The molecule has 19 heavy (non-hydrogen) atoms. The predicted molar refractivity (Wildman–Crippen MR) is 80.5 cm³/mol. The highest BCUT2D eigenvalue weighted by Crippen LogP contribution is 2.21. The summed E-state index contributed by atoms with van der Waals surface area (Å²) in [5.74, 6) is -0.320. The van der Waals surface area contributed by atoms with Crippen LogP contribution >= 0.6 is 15.9 Å². The minimum atomic E-state index is -1.32. The number of rotatable bonds is 4. The topological polar surface area (TPSA) is 46.2 Å². The first-order chi connectivity index (χ1) is 9.16. The zero-order chi connectivity index (χ0) is 13.7. The summed E-state index contributed by atoms with van der Waals surface area (Å²) < 4.78 is 12.8. The molecule has 1 N–H and O–H groups in total. The molecular formula is C14H12BrNO2S. The Morgan fingerprint density at radius 2 is 1.68 bits per heavy atom. The van der Waals surface area contributed by atoms with Crippen LogP contribution in [0.4, 0.5) is 5.69 Å². The zero-order valence-electron chi connectivity index (χ0n) is 10.0. The van der Waals surface area contributed by atoms with Gasteiger partial charge in [-0.1, -0.05) is 30.3 Å². The van der Waals surface area contributed by atoms with Crippen molar-refractivity contribution in [3.63, 3.8) is 0 Å². The van der Waals surface area contributed by atoms with Crippen LogP contribution in [0.3, 0.4) is 0 Å². The fraction of sp³-hybridized carbons (Fsp3) is 0.0714. The van der Waals surface area contributed by atoms with Gasteiger partial charge in [-0.2, -0.15) is 0 Å². The molecule has 0 aliphatic rings. The van der Waals surface area contributed by atoms with E-state index in [0.29, 0.717) is 10.6 Å². The highest BCUT2D eigenvalue weighted by atomic mass is 79.9. The Hall–Kier alpha value is -1.46. The monoisotopic (exact) mass is 337 g/mol. The molecular weight excluding hydrogens is 326 g/mol. The first-order valence-corrected chi connectivity index (χ1v) is 7.76. The number of hydrogen-bond acceptors (Lipinski definition) is 2. The third-order valence-corrected chi connectivity index (χ3v) is 4.43. The second-order valence-corrected chi connectivity index (χ2v) is 6.14. The fourth-order valence-corrected chi connectivity index (χ4v) is 2.85. The Labute approximate surface area is 122 Å². The zero-order valence-corrected chi connectivity index (χ0v) is 12.4. The van der Waals surface area contributed by atoms with Gasteiger partial charge in [0, 0.05) is 9.37 Å². The summed E-state index contributed by atoms with van der Waals surface area (Å²) in [6, 6.07) is 16.3. The number of halogens is 1. The van der Waals surface area contributed by atoms with Gasteiger partial charge in [0.1, 0.15) is 5.75 Å². The van der Waals surface area contributed by atoms with Gasteiger partial charge < -0.3 is 5.32 Å². The van der Waals surface area contributed by atoms with Crippen molar-refractivity contribution in [2.75, 3.05) is 11.1 Å². The SMILES string of the molecule is O=C(CS(=O)c1ccccc1)Nc1ccccc1Br. The summed E-state index contributed by atoms with van der Waals surface area (Å²) in [6.45, 7) is 0. The fourth-order valence-electron chi connectivity index (χ4n) is 1.52. The third kappa shape index (κ3) is 4.01. The van der Waals surface area contributed by atoms with Gasteiger partial charge in [0.2, 0.25) is 5.91 Å². The molecule has 1 unspecified atom stereocenters. The Morgan fingerprint density at radius 1 is 1.05 bits per heavy atom. The van der Waals surface area contributed by atoms with Crippen molar-refractivity contribution in [2.24, 2.45) is 0 Å². The number of amides is 1. The molecule has 3 nitrogen and oxygen atoms in total. The number of para-hydroxylation sites is 1. The molecule has 0 aromatic heterocycles. The van der Waals surface area contributed by atoms with Gasteiger partial charge in [0.25, 0.3) is 0 Å². The van der Waals surface area contributed by atoms with Gasteiger partial charge in [-0.05, 0) is 40.2 Å². The predicted octanol–water partition coefficient (Wildman–Crippen LogP) is 3.20. The molecule has 0 aliphatic carbocycles. The molecule has 0 bridgehead atoms. The van der Waals surface area contributed by atoms with E-state index in [1.807, 2.05) is 24.3 Å². The van der Waals surface area contributed by atoms with E-state index in [-0.39, 0.29) is 11.7 Å². The normalized spacial score (nSPS) is 11.8. The van der Waals surface area contributed by atoms with Crippen LogP contribution in [0.1, 0.15) is 0 Å². The summed E-state index contributed by atoms with van der Waals surface area (Å²) >= 11 is 3.35. The number of anilines is 1. The van der Waals surface area contributed by atoms with Crippen LogP contribution in [-0.4, -0.2) is 15.9 Å². The molecule has 2 aromatic carbocycles. The summed E-state index contributed by atoms with van der Waals surface area (Å²) in [7, 11) is -1.32. The van der Waals surface area contributed by atoms with Gasteiger partial charge in [0.05, 0.1) is 16.5 Å². The maximum atomic E-state index is 12.0. The van der Waals surface area contributed by atoms with E-state index in [0.717, 1.165) is 4.47 Å². The van der Waals surface area contributed by atoms with Crippen molar-refractivity contribution < 1.29 is 9.00 Å². The molecule has 0 heterocycles. The lowest BCUT2D eigenvalue weighted by Gasteiger charge is -2.07. The summed E-state index contributed by atoms with van der Waals surface area (Å²) in [5, 5.41) is 2.73. The first-order valence-electron chi connectivity index (χ1n) is 5.64. The first kappa shape index (κ1) is 14.0. The Morgan fingerprint density at radius 3 is 2.37 bits per heavy atom. The Balaban J connectivity index is 1.99. The largest absolute Gasteiger partial charge is 0.324 e. The molecule has 1 atom stereocenters. The van der Waals surface area contributed by atoms with E-state index in [2.05, 4.69) is 21.2 Å². The number of nitrogens with one attached hydrogen (secondary N) is 1. The lowest BCUT2D eigenvalue weighted by atomic mass is 10.3. The average molecular weight is 338 g/mol. The lowest BCUT2D eigenvalue weighted by molar-refractivity contribution is -0.113. The lowest BCUT2D eigenvalue weighted by Crippen LogP contribution is -2.19. The minimum absolute atomic E-state index is 0.0503. The van der Waals surface area contributed by atoms with Crippen LogP contribution in [0.25, 0.3) is 0 Å². The van der Waals surface area contributed by atoms with E-state index in [4.69, 9.17) is 0 Å². The average Bonchev–Trinajstić information content (AvgIpc) is 2.42. The molecule has 0 fully saturated rings. The highest BCUT2D eigenvalue weighted by molar-refractivity contribution is 9.10. The molecule has 1 amide bonds. The number of carbonyl (C=O) groups excluding carboxylic acids is 1. The van der Waals surface area contributed by atoms with Crippen LogP contribution in [0, 0.1) is 0 Å². The molecule has 0 spiro atoms. The standard InChI is InChI=1S/C14H12BrNO2S/c15-12-8-4-5-9-13(12)16-14(17)10-19(18)11-6-2-1-3-7-11/h1-9H,10H2,(H,16,17). The van der Waals surface area contributed by atoms with Crippen molar-refractivity contribution >= 4 is 38.3 Å².